The summed E-state index contributed by atoms with van der Waals surface area (Å²) in [7, 11) is -7.62. The Morgan fingerprint density at radius 1 is 1.16 bits per heavy atom. The van der Waals surface area contributed by atoms with Crippen LogP contribution in [0, 0.1) is 5.92 Å². The minimum absolute atomic E-state index is 0.109. The van der Waals surface area contributed by atoms with Crippen LogP contribution in [0.2, 0.25) is 0 Å². The highest BCUT2D eigenvalue weighted by atomic mass is 32.2. The highest BCUT2D eigenvalue weighted by Gasteiger charge is 2.16. The van der Waals surface area contributed by atoms with Crippen molar-refractivity contribution in [1.29, 1.82) is 0 Å². The number of sulfonamides is 2. The van der Waals surface area contributed by atoms with E-state index < -0.39 is 20.0 Å². The molecule has 0 unspecified atom stereocenters. The van der Waals surface area contributed by atoms with Crippen LogP contribution in [0.5, 0.6) is 0 Å². The second-order valence-electron chi connectivity index (χ2n) is 4.60. The predicted molar refractivity (Wildman–Crippen MR) is 72.5 cm³/mol. The van der Waals surface area contributed by atoms with Gasteiger partial charge in [-0.15, -0.1) is 0 Å². The minimum atomic E-state index is -3.91. The summed E-state index contributed by atoms with van der Waals surface area (Å²) in [4.78, 5) is -0.331. The summed E-state index contributed by atoms with van der Waals surface area (Å²) in [5.41, 5.74) is 0. The van der Waals surface area contributed by atoms with Gasteiger partial charge < -0.3 is 0 Å². The zero-order valence-electron chi connectivity index (χ0n) is 10.8. The van der Waals surface area contributed by atoms with Gasteiger partial charge in [0.05, 0.1) is 9.79 Å². The number of hydrogen-bond donors (Lipinski definition) is 2. The van der Waals surface area contributed by atoms with Crippen molar-refractivity contribution in [2.75, 3.05) is 6.54 Å². The third-order valence-electron chi connectivity index (χ3n) is 2.46. The van der Waals surface area contributed by atoms with Crippen molar-refractivity contribution in [1.82, 2.24) is 4.72 Å². The van der Waals surface area contributed by atoms with E-state index in [1.807, 2.05) is 13.8 Å². The molecule has 8 heteroatoms. The Kier molecular flexibility index (Phi) is 5.08. The van der Waals surface area contributed by atoms with Gasteiger partial charge in [-0.05, 0) is 30.5 Å². The van der Waals surface area contributed by atoms with Crippen LogP contribution in [0.4, 0.5) is 0 Å². The maximum atomic E-state index is 11.9. The van der Waals surface area contributed by atoms with Crippen molar-refractivity contribution >= 4 is 20.0 Å². The first-order valence-electron chi connectivity index (χ1n) is 5.75. The normalized spacial score (nSPS) is 12.8. The van der Waals surface area contributed by atoms with Crippen LogP contribution in [-0.2, 0) is 20.0 Å². The molecule has 0 aromatic heterocycles. The molecule has 0 fully saturated rings. The van der Waals surface area contributed by atoms with Crippen molar-refractivity contribution < 1.29 is 16.8 Å². The van der Waals surface area contributed by atoms with E-state index in [2.05, 4.69) is 4.72 Å². The molecule has 1 aromatic carbocycles. The molecule has 0 atom stereocenters. The van der Waals surface area contributed by atoms with Crippen LogP contribution in [-0.4, -0.2) is 23.4 Å². The van der Waals surface area contributed by atoms with E-state index in [-0.39, 0.29) is 9.79 Å². The SMILES string of the molecule is CC(C)CCNS(=O)(=O)c1cccc(S(N)(=O)=O)c1. The first-order chi connectivity index (χ1) is 8.63. The van der Waals surface area contributed by atoms with E-state index in [1.165, 1.54) is 18.2 Å². The average Bonchev–Trinajstić information content (AvgIpc) is 2.27. The monoisotopic (exact) mass is 306 g/mol. The Morgan fingerprint density at radius 3 is 2.26 bits per heavy atom. The minimum Gasteiger partial charge on any atom is -0.225 e. The summed E-state index contributed by atoms with van der Waals surface area (Å²) in [5, 5.41) is 4.97. The van der Waals surface area contributed by atoms with Crippen LogP contribution in [0.15, 0.2) is 34.1 Å². The molecule has 0 heterocycles. The first-order valence-corrected chi connectivity index (χ1v) is 8.78. The van der Waals surface area contributed by atoms with Crippen molar-refractivity contribution in [3.8, 4) is 0 Å². The number of hydrogen-bond acceptors (Lipinski definition) is 4. The first kappa shape index (κ1) is 16.1. The van der Waals surface area contributed by atoms with Crippen LogP contribution in [0.3, 0.4) is 0 Å². The van der Waals surface area contributed by atoms with E-state index >= 15 is 0 Å². The lowest BCUT2D eigenvalue weighted by molar-refractivity contribution is 0.551. The molecule has 0 aliphatic rings. The zero-order chi connectivity index (χ0) is 14.7. The molecule has 0 saturated carbocycles. The summed E-state index contributed by atoms with van der Waals surface area (Å²) in [6.07, 6.45) is 0.702. The molecule has 3 N–H and O–H groups in total. The third kappa shape index (κ3) is 4.90. The number of rotatable bonds is 6. The average molecular weight is 306 g/mol. The molecule has 108 valence electrons. The third-order valence-corrected chi connectivity index (χ3v) is 4.83. The summed E-state index contributed by atoms with van der Waals surface area (Å²) < 4.78 is 48.7. The molecule has 0 amide bonds. The smallest absolute Gasteiger partial charge is 0.225 e. The summed E-state index contributed by atoms with van der Waals surface area (Å²) in [6, 6.07) is 4.97. The van der Waals surface area contributed by atoms with Crippen LogP contribution >= 0.6 is 0 Å². The van der Waals surface area contributed by atoms with E-state index in [0.717, 1.165) is 6.07 Å². The molecular weight excluding hydrogens is 288 g/mol. The molecule has 0 radical (unpaired) electrons. The van der Waals surface area contributed by atoms with Gasteiger partial charge in [0.2, 0.25) is 20.0 Å². The van der Waals surface area contributed by atoms with Crippen molar-refractivity contribution in [3.05, 3.63) is 24.3 Å². The molecule has 0 saturated heterocycles. The Balaban J connectivity index is 2.96. The fraction of sp³-hybridized carbons (Fsp3) is 0.455. The molecule has 0 bridgehead atoms. The molecule has 6 nitrogen and oxygen atoms in total. The fourth-order valence-corrected chi connectivity index (χ4v) is 3.11. The zero-order valence-corrected chi connectivity index (χ0v) is 12.5. The van der Waals surface area contributed by atoms with Gasteiger partial charge >= 0.3 is 0 Å². The molecule has 0 aliphatic carbocycles. The summed E-state index contributed by atoms with van der Waals surface area (Å²) in [5.74, 6) is 0.374. The summed E-state index contributed by atoms with van der Waals surface area (Å²) >= 11 is 0. The topological polar surface area (TPSA) is 106 Å². The number of primary sulfonamides is 1. The van der Waals surface area contributed by atoms with E-state index in [9.17, 15) is 16.8 Å². The molecule has 0 aliphatic heterocycles. The number of nitrogens with two attached hydrogens (primary N) is 1. The lowest BCUT2D eigenvalue weighted by atomic mass is 10.1. The van der Waals surface area contributed by atoms with Crippen LogP contribution in [0.1, 0.15) is 20.3 Å². The number of nitrogens with one attached hydrogen (secondary N) is 1. The molecule has 0 spiro atoms. The molecule has 1 aromatic rings. The Morgan fingerprint density at radius 2 is 1.74 bits per heavy atom. The Bertz CT molecular complexity index is 636. The highest BCUT2D eigenvalue weighted by Crippen LogP contribution is 2.14. The summed E-state index contributed by atoms with van der Waals surface area (Å²) in [6.45, 7) is 4.27. The van der Waals surface area contributed by atoms with Gasteiger partial charge in [-0.25, -0.2) is 26.7 Å². The predicted octanol–water partition coefficient (Wildman–Crippen LogP) is 0.658. The highest BCUT2D eigenvalue weighted by molar-refractivity contribution is 7.90. The van der Waals surface area contributed by atoms with Crippen molar-refractivity contribution in [2.45, 2.75) is 30.1 Å². The maximum absolute atomic E-state index is 11.9. The van der Waals surface area contributed by atoms with Gasteiger partial charge in [0.25, 0.3) is 0 Å². The van der Waals surface area contributed by atoms with Crippen LogP contribution < -0.4 is 9.86 Å². The second kappa shape index (κ2) is 6.00. The van der Waals surface area contributed by atoms with Gasteiger partial charge in [0.1, 0.15) is 0 Å². The quantitative estimate of drug-likeness (QED) is 0.805. The maximum Gasteiger partial charge on any atom is 0.240 e. The Labute approximate surface area is 114 Å². The van der Waals surface area contributed by atoms with Gasteiger partial charge in [-0.3, -0.25) is 0 Å². The van der Waals surface area contributed by atoms with Gasteiger partial charge in [0.15, 0.2) is 0 Å². The lowest BCUT2D eigenvalue weighted by Gasteiger charge is -2.09. The molecule has 19 heavy (non-hydrogen) atoms. The van der Waals surface area contributed by atoms with Crippen molar-refractivity contribution in [2.24, 2.45) is 11.1 Å². The van der Waals surface area contributed by atoms with E-state index in [0.29, 0.717) is 18.9 Å². The largest absolute Gasteiger partial charge is 0.240 e. The number of benzene rings is 1. The van der Waals surface area contributed by atoms with Crippen LogP contribution in [0.25, 0.3) is 0 Å². The lowest BCUT2D eigenvalue weighted by Crippen LogP contribution is -2.26. The Hall–Kier alpha value is -0.960. The standard InChI is InChI=1S/C11H18N2O4S2/c1-9(2)6-7-13-19(16,17)11-5-3-4-10(8-11)18(12,14)15/h3-5,8-9,13H,6-7H2,1-2H3,(H2,12,14,15). The second-order valence-corrected chi connectivity index (χ2v) is 7.93. The van der Waals surface area contributed by atoms with E-state index in [4.69, 9.17) is 5.14 Å². The fourth-order valence-electron chi connectivity index (χ4n) is 1.38. The molecule has 1 rings (SSSR count). The van der Waals surface area contributed by atoms with E-state index in [1.54, 1.807) is 0 Å². The molecular formula is C11H18N2O4S2. The van der Waals surface area contributed by atoms with Crippen molar-refractivity contribution in [3.63, 3.8) is 0 Å². The van der Waals surface area contributed by atoms with Gasteiger partial charge in [-0.2, -0.15) is 0 Å². The van der Waals surface area contributed by atoms with Gasteiger partial charge in [0, 0.05) is 6.54 Å². The van der Waals surface area contributed by atoms with Gasteiger partial charge in [-0.1, -0.05) is 19.9 Å².